The van der Waals surface area contributed by atoms with E-state index in [4.69, 9.17) is 10.8 Å². The monoisotopic (exact) mass is 476 g/mol. The molecule has 6 heterocycles. The lowest BCUT2D eigenvalue weighted by molar-refractivity contribution is -0.118. The number of aromatic nitrogens is 8. The number of nitrogens with one attached hydrogen (secondary N) is 2. The Morgan fingerprint density at radius 1 is 1.03 bits per heavy atom. The van der Waals surface area contributed by atoms with Crippen LogP contribution in [0.4, 0.5) is 5.69 Å². The number of imidazole rings is 1. The minimum absolute atomic E-state index is 0.205. The molecule has 6 aromatic heterocycles. The predicted molar refractivity (Wildman–Crippen MR) is 135 cm³/mol. The van der Waals surface area contributed by atoms with E-state index in [-0.39, 0.29) is 5.91 Å². The molecule has 0 radical (unpaired) electrons. The maximum atomic E-state index is 12.0. The van der Waals surface area contributed by atoms with Gasteiger partial charge in [-0.1, -0.05) is 13.0 Å². The van der Waals surface area contributed by atoms with Crippen LogP contribution in [-0.2, 0) is 4.79 Å². The highest BCUT2D eigenvalue weighted by atomic mass is 16.2. The number of nitrogens with two attached hydrogens (primary N) is 1. The molecule has 36 heavy (non-hydrogen) atoms. The molecule has 6 aromatic rings. The van der Waals surface area contributed by atoms with Crippen LogP contribution in [0.15, 0.2) is 67.5 Å². The number of aromatic amines is 2. The van der Waals surface area contributed by atoms with Crippen LogP contribution in [0.5, 0.6) is 0 Å². The number of hydrazine groups is 1. The molecular formula is C25H20N10O. The maximum absolute atomic E-state index is 12.0. The fourth-order valence-electron chi connectivity index (χ4n) is 4.03. The van der Waals surface area contributed by atoms with E-state index in [1.54, 1.807) is 50.2 Å². The summed E-state index contributed by atoms with van der Waals surface area (Å²) in [6, 6.07) is 9.47. The number of nitrogens with zero attached hydrogens (tertiary/aromatic N) is 7. The van der Waals surface area contributed by atoms with Crippen molar-refractivity contribution in [3.63, 3.8) is 0 Å². The number of hydrogen-bond donors (Lipinski definition) is 3. The van der Waals surface area contributed by atoms with Crippen molar-refractivity contribution in [1.29, 1.82) is 0 Å². The summed E-state index contributed by atoms with van der Waals surface area (Å²) in [6.45, 7) is 1.76. The summed E-state index contributed by atoms with van der Waals surface area (Å²) in [5.41, 5.74) is 6.44. The minimum atomic E-state index is -0.205. The summed E-state index contributed by atoms with van der Waals surface area (Å²) in [7, 11) is 0. The second-order valence-corrected chi connectivity index (χ2v) is 8.13. The van der Waals surface area contributed by atoms with Crippen molar-refractivity contribution >= 4 is 33.7 Å². The second kappa shape index (κ2) is 8.64. The largest absolute Gasteiger partial charge is 0.335 e. The Labute approximate surface area is 204 Å². The average Bonchev–Trinajstić information content (AvgIpc) is 3.56. The first kappa shape index (κ1) is 21.5. The topological polar surface area (TPSA) is 155 Å². The molecule has 0 aliphatic heterocycles. The first-order valence-corrected chi connectivity index (χ1v) is 11.2. The fraction of sp³-hybridized carbons (Fsp3) is 0.0800. The average molecular weight is 477 g/mol. The van der Waals surface area contributed by atoms with E-state index < -0.39 is 0 Å². The minimum Gasteiger partial charge on any atom is -0.335 e. The molecule has 0 unspecified atom stereocenters. The highest BCUT2D eigenvalue weighted by Gasteiger charge is 2.17. The van der Waals surface area contributed by atoms with Gasteiger partial charge >= 0.3 is 0 Å². The van der Waals surface area contributed by atoms with Gasteiger partial charge in [-0.05, 0) is 24.3 Å². The number of hydrogen-bond acceptors (Lipinski definition) is 8. The van der Waals surface area contributed by atoms with Crippen LogP contribution < -0.4 is 10.9 Å². The third kappa shape index (κ3) is 3.63. The van der Waals surface area contributed by atoms with Gasteiger partial charge in [0.15, 0.2) is 11.5 Å². The van der Waals surface area contributed by atoms with E-state index in [9.17, 15) is 4.79 Å². The zero-order valence-electron chi connectivity index (χ0n) is 19.2. The zero-order valence-corrected chi connectivity index (χ0v) is 19.2. The number of rotatable bonds is 5. The second-order valence-electron chi connectivity index (χ2n) is 8.13. The van der Waals surface area contributed by atoms with Gasteiger partial charge in [0.2, 0.25) is 5.91 Å². The van der Waals surface area contributed by atoms with Crippen LogP contribution in [-0.4, -0.2) is 46.0 Å². The Balaban J connectivity index is 1.44. The molecule has 6 rings (SSSR count). The van der Waals surface area contributed by atoms with Crippen LogP contribution in [0.3, 0.4) is 0 Å². The maximum Gasteiger partial charge on any atom is 0.240 e. The van der Waals surface area contributed by atoms with E-state index >= 15 is 0 Å². The van der Waals surface area contributed by atoms with Crippen molar-refractivity contribution in [3.05, 3.63) is 67.5 Å². The molecule has 0 saturated heterocycles. The van der Waals surface area contributed by atoms with Crippen molar-refractivity contribution in [1.82, 2.24) is 40.1 Å². The lowest BCUT2D eigenvalue weighted by Gasteiger charge is -2.16. The van der Waals surface area contributed by atoms with Crippen molar-refractivity contribution < 1.29 is 4.79 Å². The third-order valence-corrected chi connectivity index (χ3v) is 5.89. The molecular weight excluding hydrogens is 456 g/mol. The van der Waals surface area contributed by atoms with Crippen LogP contribution in [0.2, 0.25) is 0 Å². The molecule has 0 aromatic carbocycles. The molecule has 11 nitrogen and oxygen atoms in total. The Hall–Kier alpha value is -5.03. The molecule has 1 amide bonds. The molecule has 0 atom stereocenters. The summed E-state index contributed by atoms with van der Waals surface area (Å²) in [4.78, 5) is 37.7. The quantitative estimate of drug-likeness (QED) is 0.193. The molecule has 0 bridgehead atoms. The number of fused-ring (bicyclic) bond motifs is 2. The van der Waals surface area contributed by atoms with Gasteiger partial charge in [-0.3, -0.25) is 24.8 Å². The Bertz CT molecular complexity index is 1720. The van der Waals surface area contributed by atoms with Crippen molar-refractivity contribution in [2.24, 2.45) is 5.84 Å². The molecule has 0 saturated carbocycles. The lowest BCUT2D eigenvalue weighted by atomic mass is 10.1. The van der Waals surface area contributed by atoms with Crippen LogP contribution in [0.25, 0.3) is 56.0 Å². The van der Waals surface area contributed by atoms with Gasteiger partial charge in [0.1, 0.15) is 11.2 Å². The van der Waals surface area contributed by atoms with Crippen molar-refractivity contribution in [3.8, 4) is 33.9 Å². The number of amides is 1. The predicted octanol–water partition coefficient (Wildman–Crippen LogP) is 3.64. The van der Waals surface area contributed by atoms with Crippen molar-refractivity contribution in [2.75, 3.05) is 5.01 Å². The van der Waals surface area contributed by atoms with Crippen molar-refractivity contribution in [2.45, 2.75) is 13.3 Å². The molecule has 4 N–H and O–H groups in total. The Kier molecular flexibility index (Phi) is 5.16. The molecule has 11 heteroatoms. The number of carbonyl (C=O) groups is 1. The first-order valence-electron chi connectivity index (χ1n) is 11.2. The Morgan fingerprint density at radius 2 is 1.89 bits per heavy atom. The highest BCUT2D eigenvalue weighted by Crippen LogP contribution is 2.32. The Morgan fingerprint density at radius 3 is 2.72 bits per heavy atom. The number of pyridine rings is 4. The molecule has 176 valence electrons. The number of anilines is 1. The summed E-state index contributed by atoms with van der Waals surface area (Å²) in [5, 5.41) is 9.28. The summed E-state index contributed by atoms with van der Waals surface area (Å²) >= 11 is 0. The molecule has 0 aliphatic carbocycles. The van der Waals surface area contributed by atoms with E-state index in [0.717, 1.165) is 43.8 Å². The molecule has 0 aliphatic rings. The van der Waals surface area contributed by atoms with Crippen LogP contribution >= 0.6 is 0 Å². The standard InChI is InChI=1S/C25H20N10O/c1-2-21(36)35(26)16-7-14(9-27-11-16)15-8-17-23(33-34-24(17)30-10-15)25-31-20-13-28-12-18(22(20)32-25)19-5-3-4-6-29-19/h3-13H,2,26H2,1H3,(H,31,32)(H,30,33,34). The van der Waals surface area contributed by atoms with Gasteiger partial charge in [-0.15, -0.1) is 0 Å². The smallest absolute Gasteiger partial charge is 0.240 e. The SMILES string of the molecule is CCC(=O)N(N)c1cncc(-c2cnc3n[nH]c(-c4nc5c(-c6ccccn6)cncc5[nH]4)c3c2)c1. The van der Waals surface area contributed by atoms with Gasteiger partial charge < -0.3 is 4.98 Å². The lowest BCUT2D eigenvalue weighted by Crippen LogP contribution is -2.36. The van der Waals surface area contributed by atoms with E-state index in [0.29, 0.717) is 29.3 Å². The van der Waals surface area contributed by atoms with Gasteiger partial charge in [0.05, 0.1) is 34.7 Å². The van der Waals surface area contributed by atoms with Gasteiger partial charge in [-0.25, -0.2) is 20.8 Å². The zero-order chi connectivity index (χ0) is 24.6. The first-order chi connectivity index (χ1) is 17.6. The molecule has 0 spiro atoms. The number of H-pyrrole nitrogens is 2. The summed E-state index contributed by atoms with van der Waals surface area (Å²) in [5.74, 6) is 6.35. The van der Waals surface area contributed by atoms with E-state index in [2.05, 4.69) is 35.1 Å². The fourth-order valence-corrected chi connectivity index (χ4v) is 4.03. The highest BCUT2D eigenvalue weighted by molar-refractivity contribution is 5.97. The normalized spacial score (nSPS) is 11.3. The van der Waals surface area contributed by atoms with E-state index in [1.165, 1.54) is 0 Å². The van der Waals surface area contributed by atoms with Crippen LogP contribution in [0.1, 0.15) is 13.3 Å². The number of carbonyl (C=O) groups excluding carboxylic acids is 1. The van der Waals surface area contributed by atoms with Crippen LogP contribution in [0, 0.1) is 0 Å². The van der Waals surface area contributed by atoms with Gasteiger partial charge in [0, 0.05) is 47.9 Å². The molecule has 0 fully saturated rings. The summed E-state index contributed by atoms with van der Waals surface area (Å²) in [6.07, 6.45) is 10.5. The van der Waals surface area contributed by atoms with E-state index in [1.807, 2.05) is 24.3 Å². The third-order valence-electron chi connectivity index (χ3n) is 5.89. The van der Waals surface area contributed by atoms with Gasteiger partial charge in [0.25, 0.3) is 0 Å². The van der Waals surface area contributed by atoms with Gasteiger partial charge in [-0.2, -0.15) is 5.10 Å². The summed E-state index contributed by atoms with van der Waals surface area (Å²) < 4.78 is 0.